The molecule has 1 aliphatic heterocycles. The summed E-state index contributed by atoms with van der Waals surface area (Å²) in [5, 5.41) is 3.99. The predicted octanol–water partition coefficient (Wildman–Crippen LogP) is 2.91. The average molecular weight is 336 g/mol. The lowest BCUT2D eigenvalue weighted by Gasteiger charge is -2.22. The van der Waals surface area contributed by atoms with Gasteiger partial charge in [-0.25, -0.2) is 8.42 Å². The monoisotopic (exact) mass is 336 g/mol. The van der Waals surface area contributed by atoms with Gasteiger partial charge in [-0.05, 0) is 51.0 Å². The van der Waals surface area contributed by atoms with Crippen molar-refractivity contribution in [3.05, 3.63) is 41.8 Å². The van der Waals surface area contributed by atoms with E-state index in [4.69, 9.17) is 9.26 Å². The Morgan fingerprint density at radius 3 is 2.70 bits per heavy atom. The SMILES string of the molecule is CCOc1ccc(S(=O)(=O)N2CCC[C@@H]2c2cc(C)on2)cc1. The molecule has 1 atom stereocenters. The summed E-state index contributed by atoms with van der Waals surface area (Å²) in [4.78, 5) is 0.271. The second kappa shape index (κ2) is 6.33. The third-order valence-corrected chi connectivity index (χ3v) is 5.86. The fourth-order valence-electron chi connectivity index (χ4n) is 2.88. The van der Waals surface area contributed by atoms with E-state index in [1.807, 2.05) is 6.92 Å². The molecule has 1 fully saturated rings. The summed E-state index contributed by atoms with van der Waals surface area (Å²) in [6.07, 6.45) is 1.56. The summed E-state index contributed by atoms with van der Waals surface area (Å²) < 4.78 is 37.8. The van der Waals surface area contributed by atoms with E-state index in [1.165, 1.54) is 4.31 Å². The van der Waals surface area contributed by atoms with Gasteiger partial charge >= 0.3 is 0 Å². The van der Waals surface area contributed by atoms with Crippen LogP contribution in [0.3, 0.4) is 0 Å². The Labute approximate surface area is 136 Å². The molecule has 2 aromatic rings. The highest BCUT2D eigenvalue weighted by molar-refractivity contribution is 7.89. The van der Waals surface area contributed by atoms with Crippen LogP contribution in [0.25, 0.3) is 0 Å². The molecule has 7 heteroatoms. The number of benzene rings is 1. The summed E-state index contributed by atoms with van der Waals surface area (Å²) >= 11 is 0. The topological polar surface area (TPSA) is 72.6 Å². The molecule has 1 aliphatic rings. The molecule has 0 radical (unpaired) electrons. The maximum Gasteiger partial charge on any atom is 0.243 e. The van der Waals surface area contributed by atoms with E-state index in [9.17, 15) is 8.42 Å². The normalized spacial score (nSPS) is 19.1. The summed E-state index contributed by atoms with van der Waals surface area (Å²) in [7, 11) is -3.56. The van der Waals surface area contributed by atoms with Crippen molar-refractivity contribution >= 4 is 10.0 Å². The smallest absolute Gasteiger partial charge is 0.243 e. The first-order valence-electron chi connectivity index (χ1n) is 7.70. The molecular weight excluding hydrogens is 316 g/mol. The lowest BCUT2D eigenvalue weighted by Crippen LogP contribution is -2.30. The first-order chi connectivity index (χ1) is 11.0. The van der Waals surface area contributed by atoms with Gasteiger partial charge in [0.05, 0.1) is 17.5 Å². The number of aryl methyl sites for hydroxylation is 1. The van der Waals surface area contributed by atoms with Crippen LogP contribution >= 0.6 is 0 Å². The third-order valence-electron chi connectivity index (χ3n) is 3.93. The average Bonchev–Trinajstić information content (AvgIpc) is 3.17. The minimum Gasteiger partial charge on any atom is -0.494 e. The van der Waals surface area contributed by atoms with E-state index in [2.05, 4.69) is 5.16 Å². The van der Waals surface area contributed by atoms with Gasteiger partial charge in [0.15, 0.2) is 0 Å². The van der Waals surface area contributed by atoms with E-state index < -0.39 is 10.0 Å². The molecule has 124 valence electrons. The van der Waals surface area contributed by atoms with Gasteiger partial charge in [0, 0.05) is 12.6 Å². The van der Waals surface area contributed by atoms with Gasteiger partial charge in [-0.3, -0.25) is 0 Å². The Bertz CT molecular complexity index is 768. The minimum absolute atomic E-state index is 0.260. The Balaban J connectivity index is 1.88. The van der Waals surface area contributed by atoms with Gasteiger partial charge in [-0.2, -0.15) is 4.31 Å². The van der Waals surface area contributed by atoms with Crippen LogP contribution < -0.4 is 4.74 Å². The number of hydrogen-bond donors (Lipinski definition) is 0. The number of rotatable bonds is 5. The molecule has 2 heterocycles. The van der Waals surface area contributed by atoms with E-state index in [0.717, 1.165) is 12.8 Å². The first-order valence-corrected chi connectivity index (χ1v) is 9.14. The quantitative estimate of drug-likeness (QED) is 0.839. The van der Waals surface area contributed by atoms with E-state index in [1.54, 1.807) is 37.3 Å². The summed E-state index contributed by atoms with van der Waals surface area (Å²) in [6, 6.07) is 8.08. The Kier molecular flexibility index (Phi) is 4.41. The molecule has 0 saturated carbocycles. The van der Waals surface area contributed by atoms with Crippen LogP contribution in [0.15, 0.2) is 39.8 Å². The maximum absolute atomic E-state index is 12.9. The molecule has 1 aromatic carbocycles. The minimum atomic E-state index is -3.56. The van der Waals surface area contributed by atoms with Crippen molar-refractivity contribution in [2.45, 2.75) is 37.6 Å². The van der Waals surface area contributed by atoms with Gasteiger partial charge in [0.1, 0.15) is 17.2 Å². The fourth-order valence-corrected chi connectivity index (χ4v) is 4.54. The maximum atomic E-state index is 12.9. The molecule has 3 rings (SSSR count). The van der Waals surface area contributed by atoms with Crippen LogP contribution in [0.2, 0.25) is 0 Å². The summed E-state index contributed by atoms with van der Waals surface area (Å²) in [6.45, 7) is 4.73. The van der Waals surface area contributed by atoms with Crippen molar-refractivity contribution in [2.75, 3.05) is 13.2 Å². The summed E-state index contributed by atoms with van der Waals surface area (Å²) in [5.74, 6) is 1.35. The number of hydrogen-bond acceptors (Lipinski definition) is 5. The molecule has 0 spiro atoms. The molecule has 6 nitrogen and oxygen atoms in total. The zero-order valence-electron chi connectivity index (χ0n) is 13.2. The van der Waals surface area contributed by atoms with E-state index in [0.29, 0.717) is 30.4 Å². The largest absolute Gasteiger partial charge is 0.494 e. The highest BCUT2D eigenvalue weighted by atomic mass is 32.2. The van der Waals surface area contributed by atoms with Gasteiger partial charge in [0.25, 0.3) is 0 Å². The van der Waals surface area contributed by atoms with Gasteiger partial charge in [-0.15, -0.1) is 0 Å². The van der Waals surface area contributed by atoms with Crippen LogP contribution in [-0.2, 0) is 10.0 Å². The summed E-state index contributed by atoms with van der Waals surface area (Å²) in [5.41, 5.74) is 0.675. The van der Waals surface area contributed by atoms with Crippen molar-refractivity contribution in [1.82, 2.24) is 9.46 Å². The standard InChI is InChI=1S/C16H20N2O4S/c1-3-21-13-6-8-14(9-7-13)23(19,20)18-10-4-5-16(18)15-11-12(2)22-17-15/h6-9,11,16H,3-5,10H2,1-2H3/t16-/m1/s1. The van der Waals surface area contributed by atoms with Crippen LogP contribution in [0.5, 0.6) is 5.75 Å². The Morgan fingerprint density at radius 1 is 1.35 bits per heavy atom. The van der Waals surface area contributed by atoms with Crippen LogP contribution in [0.4, 0.5) is 0 Å². The van der Waals surface area contributed by atoms with Crippen molar-refractivity contribution in [1.29, 1.82) is 0 Å². The van der Waals surface area contributed by atoms with Crippen molar-refractivity contribution < 1.29 is 17.7 Å². The third kappa shape index (κ3) is 3.11. The second-order valence-corrected chi connectivity index (χ2v) is 7.43. The molecule has 0 amide bonds. The van der Waals surface area contributed by atoms with Crippen LogP contribution in [-0.4, -0.2) is 31.0 Å². The van der Waals surface area contributed by atoms with Crippen LogP contribution in [0.1, 0.15) is 37.3 Å². The fraction of sp³-hybridized carbons (Fsp3) is 0.438. The molecule has 0 unspecified atom stereocenters. The number of nitrogens with zero attached hydrogens (tertiary/aromatic N) is 2. The van der Waals surface area contributed by atoms with Crippen molar-refractivity contribution in [2.24, 2.45) is 0 Å². The zero-order valence-corrected chi connectivity index (χ0v) is 14.0. The van der Waals surface area contributed by atoms with Gasteiger partial charge in [0.2, 0.25) is 10.0 Å². The highest BCUT2D eigenvalue weighted by Crippen LogP contribution is 2.36. The van der Waals surface area contributed by atoms with Crippen molar-refractivity contribution in [3.63, 3.8) is 0 Å². The van der Waals surface area contributed by atoms with E-state index >= 15 is 0 Å². The lowest BCUT2D eigenvalue weighted by molar-refractivity contribution is 0.339. The molecular formula is C16H20N2O4S. The van der Waals surface area contributed by atoms with Gasteiger partial charge in [-0.1, -0.05) is 5.16 Å². The number of ether oxygens (including phenoxy) is 1. The number of aromatic nitrogens is 1. The highest BCUT2D eigenvalue weighted by Gasteiger charge is 2.37. The Hall–Kier alpha value is -1.86. The molecule has 0 N–H and O–H groups in total. The predicted molar refractivity (Wildman–Crippen MR) is 84.7 cm³/mol. The molecule has 23 heavy (non-hydrogen) atoms. The Morgan fingerprint density at radius 2 is 2.09 bits per heavy atom. The van der Waals surface area contributed by atoms with Gasteiger partial charge < -0.3 is 9.26 Å². The molecule has 1 saturated heterocycles. The van der Waals surface area contributed by atoms with E-state index in [-0.39, 0.29) is 10.9 Å². The molecule has 0 bridgehead atoms. The zero-order chi connectivity index (χ0) is 16.4. The second-order valence-electron chi connectivity index (χ2n) is 5.54. The lowest BCUT2D eigenvalue weighted by atomic mass is 10.1. The van der Waals surface area contributed by atoms with Crippen LogP contribution in [0, 0.1) is 6.92 Å². The van der Waals surface area contributed by atoms with Crippen molar-refractivity contribution in [3.8, 4) is 5.75 Å². The first kappa shape index (κ1) is 16.0. The molecule has 1 aromatic heterocycles. The molecule has 0 aliphatic carbocycles. The number of sulfonamides is 1.